The van der Waals surface area contributed by atoms with E-state index < -0.39 is 5.97 Å². The molecular weight excluding hydrogens is 478 g/mol. The minimum atomic E-state index is -1.09. The first-order valence-electron chi connectivity index (χ1n) is 7.44. The van der Waals surface area contributed by atoms with Gasteiger partial charge in [0.2, 0.25) is 0 Å². The number of hydrogen-bond donors (Lipinski definition) is 1. The molecule has 0 bridgehead atoms. The lowest BCUT2D eigenvalue weighted by Gasteiger charge is -2.18. The third-order valence-corrected chi connectivity index (χ3v) is 5.28. The van der Waals surface area contributed by atoms with Crippen LogP contribution >= 0.6 is 45.8 Å². The second-order valence-electron chi connectivity index (χ2n) is 5.76. The molecule has 0 amide bonds. The number of halogens is 3. The molecule has 0 saturated heterocycles. The van der Waals surface area contributed by atoms with Gasteiger partial charge in [0.05, 0.1) is 26.3 Å². The Kier molecular flexibility index (Phi) is 6.45. The van der Waals surface area contributed by atoms with E-state index in [0.29, 0.717) is 11.3 Å². The van der Waals surface area contributed by atoms with E-state index in [0.717, 1.165) is 14.9 Å². The molecule has 0 fully saturated rings. The van der Waals surface area contributed by atoms with Gasteiger partial charge in [-0.05, 0) is 59.2 Å². The molecule has 0 aliphatic rings. The number of benzene rings is 2. The Hall–Kier alpha value is -1.18. The number of rotatable bonds is 5. The molecule has 0 aliphatic heterocycles. The monoisotopic (exact) mass is 494 g/mol. The summed E-state index contributed by atoms with van der Waals surface area (Å²) >= 11 is 14.7. The second kappa shape index (κ2) is 8.01. The van der Waals surface area contributed by atoms with Crippen LogP contribution in [0.25, 0.3) is 0 Å². The van der Waals surface area contributed by atoms with Gasteiger partial charge in [0.1, 0.15) is 11.5 Å². The number of ether oxygens (including phenoxy) is 2. The number of aromatic carboxylic acids is 1. The average Bonchev–Trinajstić information content (AvgIpc) is 2.54. The third kappa shape index (κ3) is 4.15. The number of carbonyl (C=O) groups is 1. The molecule has 2 rings (SSSR count). The van der Waals surface area contributed by atoms with Crippen molar-refractivity contribution < 1.29 is 19.4 Å². The molecule has 0 heterocycles. The molecule has 4 nitrogen and oxygen atoms in total. The van der Waals surface area contributed by atoms with Gasteiger partial charge in [-0.1, -0.05) is 37.0 Å². The van der Waals surface area contributed by atoms with Gasteiger partial charge in [-0.25, -0.2) is 4.79 Å². The highest BCUT2D eigenvalue weighted by molar-refractivity contribution is 14.1. The van der Waals surface area contributed by atoms with Crippen LogP contribution in [0, 0.1) is 10.5 Å². The van der Waals surface area contributed by atoms with Crippen molar-refractivity contribution in [3.63, 3.8) is 0 Å². The minimum Gasteiger partial charge on any atom is -0.495 e. The van der Waals surface area contributed by atoms with Gasteiger partial charge < -0.3 is 14.6 Å². The summed E-state index contributed by atoms with van der Waals surface area (Å²) in [6.45, 7) is 5.74. The van der Waals surface area contributed by atoms with Crippen molar-refractivity contribution in [2.24, 2.45) is 0 Å². The third-order valence-electron chi connectivity index (χ3n) is 3.74. The maximum absolute atomic E-state index is 11.3. The first-order valence-corrected chi connectivity index (χ1v) is 9.28. The molecule has 0 spiro atoms. The van der Waals surface area contributed by atoms with Crippen molar-refractivity contribution >= 4 is 51.8 Å². The highest BCUT2D eigenvalue weighted by Gasteiger charge is 2.20. The SMILES string of the molecule is COc1c(I)cc(Oc2c(Cl)cc(C(=O)O)c(C)c2Cl)cc1C(C)C. The fourth-order valence-electron chi connectivity index (χ4n) is 2.42. The Morgan fingerprint density at radius 1 is 1.20 bits per heavy atom. The predicted octanol–water partition coefficient (Wildman–Crippen LogP) is 6.53. The standard InChI is InChI=1S/C18H17Cl2IO4/c1-8(2)11-5-10(6-14(21)16(11)24-4)25-17-13(19)7-12(18(22)23)9(3)15(17)20/h5-8H,1-4H3,(H,22,23). The molecule has 0 atom stereocenters. The van der Waals surface area contributed by atoms with Gasteiger partial charge in [-0.2, -0.15) is 0 Å². The van der Waals surface area contributed by atoms with Crippen LogP contribution < -0.4 is 9.47 Å². The molecule has 1 N–H and O–H groups in total. The fraction of sp³-hybridized carbons (Fsp3) is 0.278. The summed E-state index contributed by atoms with van der Waals surface area (Å²) in [5.41, 5.74) is 1.45. The number of carboxylic acid groups (broad SMARTS) is 1. The van der Waals surface area contributed by atoms with Crippen LogP contribution in [0.15, 0.2) is 18.2 Å². The number of carboxylic acids is 1. The van der Waals surface area contributed by atoms with E-state index in [-0.39, 0.29) is 27.3 Å². The molecule has 134 valence electrons. The van der Waals surface area contributed by atoms with E-state index in [1.165, 1.54) is 6.07 Å². The zero-order chi connectivity index (χ0) is 18.9. The molecule has 25 heavy (non-hydrogen) atoms. The van der Waals surface area contributed by atoms with Crippen LogP contribution in [-0.2, 0) is 0 Å². The fourth-order valence-corrected chi connectivity index (χ4v) is 3.79. The molecular formula is C18H17Cl2IO4. The van der Waals surface area contributed by atoms with Crippen molar-refractivity contribution in [2.75, 3.05) is 7.11 Å². The van der Waals surface area contributed by atoms with Crippen LogP contribution in [0.5, 0.6) is 17.2 Å². The summed E-state index contributed by atoms with van der Waals surface area (Å²) in [6, 6.07) is 5.04. The van der Waals surface area contributed by atoms with Crippen molar-refractivity contribution in [3.05, 3.63) is 48.5 Å². The lowest BCUT2D eigenvalue weighted by atomic mass is 10.0. The van der Waals surface area contributed by atoms with E-state index in [4.69, 9.17) is 32.7 Å². The molecule has 0 unspecified atom stereocenters. The Bertz CT molecular complexity index is 835. The van der Waals surface area contributed by atoms with Crippen LogP contribution in [0.3, 0.4) is 0 Å². The largest absolute Gasteiger partial charge is 0.495 e. The highest BCUT2D eigenvalue weighted by atomic mass is 127. The zero-order valence-electron chi connectivity index (χ0n) is 14.1. The maximum atomic E-state index is 11.3. The Balaban J connectivity index is 2.54. The quantitative estimate of drug-likeness (QED) is 0.480. The molecule has 0 aliphatic carbocycles. The number of hydrogen-bond acceptors (Lipinski definition) is 3. The molecule has 0 saturated carbocycles. The highest BCUT2D eigenvalue weighted by Crippen LogP contribution is 2.42. The summed E-state index contributed by atoms with van der Waals surface area (Å²) in [6.07, 6.45) is 0. The first-order chi connectivity index (χ1) is 11.7. The predicted molar refractivity (Wildman–Crippen MR) is 108 cm³/mol. The normalized spacial score (nSPS) is 10.9. The Morgan fingerprint density at radius 3 is 2.36 bits per heavy atom. The smallest absolute Gasteiger partial charge is 0.336 e. The minimum absolute atomic E-state index is 0.0505. The van der Waals surface area contributed by atoms with Gasteiger partial charge in [0.25, 0.3) is 0 Å². The van der Waals surface area contributed by atoms with E-state index >= 15 is 0 Å². The van der Waals surface area contributed by atoms with Crippen molar-refractivity contribution in [1.82, 2.24) is 0 Å². The van der Waals surface area contributed by atoms with Crippen LogP contribution in [0.2, 0.25) is 10.0 Å². The summed E-state index contributed by atoms with van der Waals surface area (Å²) in [7, 11) is 1.63. The van der Waals surface area contributed by atoms with Gasteiger partial charge >= 0.3 is 5.97 Å². The lowest BCUT2D eigenvalue weighted by Crippen LogP contribution is -2.02. The zero-order valence-corrected chi connectivity index (χ0v) is 17.8. The van der Waals surface area contributed by atoms with E-state index in [1.807, 2.05) is 12.1 Å². The van der Waals surface area contributed by atoms with Crippen molar-refractivity contribution in [3.8, 4) is 17.2 Å². The van der Waals surface area contributed by atoms with Crippen molar-refractivity contribution in [1.29, 1.82) is 0 Å². The van der Waals surface area contributed by atoms with Gasteiger partial charge in [0.15, 0.2) is 5.75 Å². The first kappa shape index (κ1) is 20.1. The molecule has 2 aromatic carbocycles. The van der Waals surface area contributed by atoms with Gasteiger partial charge in [-0.15, -0.1) is 0 Å². The van der Waals surface area contributed by atoms with E-state index in [2.05, 4.69) is 36.4 Å². The van der Waals surface area contributed by atoms with Crippen LogP contribution in [0.1, 0.15) is 41.3 Å². The van der Waals surface area contributed by atoms with Crippen LogP contribution in [-0.4, -0.2) is 18.2 Å². The maximum Gasteiger partial charge on any atom is 0.336 e. The second-order valence-corrected chi connectivity index (χ2v) is 7.71. The summed E-state index contributed by atoms with van der Waals surface area (Å²) < 4.78 is 12.3. The molecule has 7 heteroatoms. The molecule has 0 aromatic heterocycles. The topological polar surface area (TPSA) is 55.8 Å². The lowest BCUT2D eigenvalue weighted by molar-refractivity contribution is 0.0696. The average molecular weight is 495 g/mol. The summed E-state index contributed by atoms with van der Waals surface area (Å²) in [5.74, 6) is 0.738. The summed E-state index contributed by atoms with van der Waals surface area (Å²) in [5, 5.41) is 9.54. The Labute approximate surface area is 170 Å². The van der Waals surface area contributed by atoms with Crippen molar-refractivity contribution in [2.45, 2.75) is 26.7 Å². The van der Waals surface area contributed by atoms with E-state index in [9.17, 15) is 9.90 Å². The molecule has 0 radical (unpaired) electrons. The van der Waals surface area contributed by atoms with Gasteiger partial charge in [-0.3, -0.25) is 0 Å². The summed E-state index contributed by atoms with van der Waals surface area (Å²) in [4.78, 5) is 11.3. The number of methoxy groups -OCH3 is 1. The molecule has 2 aromatic rings. The van der Waals surface area contributed by atoms with Gasteiger partial charge in [0, 0.05) is 5.56 Å². The Morgan fingerprint density at radius 2 is 1.84 bits per heavy atom. The van der Waals surface area contributed by atoms with Crippen LogP contribution in [0.4, 0.5) is 0 Å². The van der Waals surface area contributed by atoms with E-state index in [1.54, 1.807) is 14.0 Å².